The second-order valence-electron chi connectivity index (χ2n) is 5.93. The molecule has 4 nitrogen and oxygen atoms in total. The smallest absolute Gasteiger partial charge is 0.211 e. The third-order valence-electron chi connectivity index (χ3n) is 3.61. The summed E-state index contributed by atoms with van der Waals surface area (Å²) in [6, 6.07) is 0. The van der Waals surface area contributed by atoms with Crippen molar-refractivity contribution in [3.05, 3.63) is 0 Å². The average Bonchev–Trinajstić information content (AvgIpc) is 2.12. The molecule has 0 aromatic heterocycles. The molecule has 0 aromatic carbocycles. The maximum atomic E-state index is 11.8. The summed E-state index contributed by atoms with van der Waals surface area (Å²) in [7, 11) is -3.10. The Labute approximate surface area is 105 Å². The van der Waals surface area contributed by atoms with Gasteiger partial charge in [-0.2, -0.15) is 0 Å². The predicted octanol–water partition coefficient (Wildman–Crippen LogP) is 1.47. The summed E-state index contributed by atoms with van der Waals surface area (Å²) in [6.45, 7) is 5.15. The van der Waals surface area contributed by atoms with Crippen molar-refractivity contribution in [3.8, 4) is 0 Å². The lowest BCUT2D eigenvalue weighted by molar-refractivity contribution is 0.306. The molecule has 1 rings (SSSR count). The van der Waals surface area contributed by atoms with Gasteiger partial charge in [0.05, 0.1) is 5.75 Å². The standard InChI is InChI=1S/C12H26N2O2S/c1-12(2,7-8-13)10-14-17(15,16)9-6-11-4-3-5-11/h11,14H,3-10,13H2,1-2H3. The molecule has 1 aliphatic carbocycles. The first-order valence-electron chi connectivity index (χ1n) is 6.52. The number of nitrogens with two attached hydrogens (primary N) is 1. The van der Waals surface area contributed by atoms with E-state index in [1.54, 1.807) is 0 Å². The molecule has 102 valence electrons. The SMILES string of the molecule is CC(C)(CCN)CNS(=O)(=O)CCC1CCC1. The van der Waals surface area contributed by atoms with Gasteiger partial charge in [-0.15, -0.1) is 0 Å². The summed E-state index contributed by atoms with van der Waals surface area (Å²) in [5.41, 5.74) is 5.44. The predicted molar refractivity (Wildman–Crippen MR) is 71.2 cm³/mol. The van der Waals surface area contributed by atoms with Gasteiger partial charge in [0.1, 0.15) is 0 Å². The summed E-state index contributed by atoms with van der Waals surface area (Å²) < 4.78 is 26.3. The number of sulfonamides is 1. The van der Waals surface area contributed by atoms with Crippen LogP contribution in [0.3, 0.4) is 0 Å². The Morgan fingerprint density at radius 3 is 2.47 bits per heavy atom. The molecule has 0 atom stereocenters. The molecule has 0 heterocycles. The first-order valence-corrected chi connectivity index (χ1v) is 8.17. The summed E-state index contributed by atoms with van der Waals surface area (Å²) >= 11 is 0. The average molecular weight is 262 g/mol. The van der Waals surface area contributed by atoms with E-state index < -0.39 is 10.0 Å². The van der Waals surface area contributed by atoms with Crippen LogP contribution < -0.4 is 10.5 Å². The van der Waals surface area contributed by atoms with E-state index in [0.29, 0.717) is 19.0 Å². The summed E-state index contributed by atoms with van der Waals surface area (Å²) in [5.74, 6) is 0.916. The molecule has 0 unspecified atom stereocenters. The van der Waals surface area contributed by atoms with Crippen LogP contribution in [0.1, 0.15) is 46.0 Å². The lowest BCUT2D eigenvalue weighted by Crippen LogP contribution is -2.37. The molecule has 0 saturated heterocycles. The van der Waals surface area contributed by atoms with Crippen molar-refractivity contribution in [3.63, 3.8) is 0 Å². The van der Waals surface area contributed by atoms with Crippen molar-refractivity contribution >= 4 is 10.0 Å². The molecule has 1 aliphatic rings. The minimum Gasteiger partial charge on any atom is -0.330 e. The molecule has 1 saturated carbocycles. The second-order valence-corrected chi connectivity index (χ2v) is 7.85. The molecular weight excluding hydrogens is 236 g/mol. The summed E-state index contributed by atoms with van der Waals surface area (Å²) in [4.78, 5) is 0. The number of hydrogen-bond donors (Lipinski definition) is 2. The van der Waals surface area contributed by atoms with Gasteiger partial charge >= 0.3 is 0 Å². The molecule has 5 heteroatoms. The summed E-state index contributed by atoms with van der Waals surface area (Å²) in [5, 5.41) is 0. The molecule has 0 radical (unpaired) electrons. The first-order chi connectivity index (χ1) is 7.85. The van der Waals surface area contributed by atoms with Crippen molar-refractivity contribution in [2.75, 3.05) is 18.8 Å². The van der Waals surface area contributed by atoms with E-state index >= 15 is 0 Å². The maximum absolute atomic E-state index is 11.8. The van der Waals surface area contributed by atoms with Crippen LogP contribution in [-0.4, -0.2) is 27.3 Å². The van der Waals surface area contributed by atoms with E-state index in [2.05, 4.69) is 4.72 Å². The normalized spacial score (nSPS) is 18.1. The van der Waals surface area contributed by atoms with Crippen LogP contribution >= 0.6 is 0 Å². The molecule has 0 bridgehead atoms. The maximum Gasteiger partial charge on any atom is 0.211 e. The monoisotopic (exact) mass is 262 g/mol. The Kier molecular flexibility index (Phi) is 5.41. The zero-order valence-corrected chi connectivity index (χ0v) is 11.9. The van der Waals surface area contributed by atoms with Gasteiger partial charge in [-0.1, -0.05) is 33.1 Å². The highest BCUT2D eigenvalue weighted by atomic mass is 32.2. The van der Waals surface area contributed by atoms with Crippen LogP contribution in [-0.2, 0) is 10.0 Å². The van der Waals surface area contributed by atoms with E-state index in [4.69, 9.17) is 5.73 Å². The quantitative estimate of drug-likeness (QED) is 0.696. The molecule has 0 amide bonds. The van der Waals surface area contributed by atoms with Crippen LogP contribution in [0.2, 0.25) is 0 Å². The lowest BCUT2D eigenvalue weighted by atomic mass is 9.84. The number of hydrogen-bond acceptors (Lipinski definition) is 3. The molecule has 3 N–H and O–H groups in total. The zero-order chi connectivity index (χ0) is 12.9. The largest absolute Gasteiger partial charge is 0.330 e. The van der Waals surface area contributed by atoms with Crippen molar-refractivity contribution in [1.29, 1.82) is 0 Å². The van der Waals surface area contributed by atoms with Gasteiger partial charge in [0.2, 0.25) is 10.0 Å². The minimum absolute atomic E-state index is 0.0573. The van der Waals surface area contributed by atoms with E-state index in [0.717, 1.165) is 12.8 Å². The fraction of sp³-hybridized carbons (Fsp3) is 1.00. The number of rotatable bonds is 8. The second kappa shape index (κ2) is 6.16. The molecule has 0 spiro atoms. The Hall–Kier alpha value is -0.130. The van der Waals surface area contributed by atoms with Gasteiger partial charge in [-0.05, 0) is 30.7 Å². The molecular formula is C12H26N2O2S. The lowest BCUT2D eigenvalue weighted by Gasteiger charge is -2.26. The first kappa shape index (κ1) is 14.9. The fourth-order valence-electron chi connectivity index (χ4n) is 1.96. The van der Waals surface area contributed by atoms with Gasteiger partial charge in [0.25, 0.3) is 0 Å². The van der Waals surface area contributed by atoms with E-state index in [-0.39, 0.29) is 11.2 Å². The van der Waals surface area contributed by atoms with Gasteiger partial charge in [-0.25, -0.2) is 13.1 Å². The molecule has 17 heavy (non-hydrogen) atoms. The highest BCUT2D eigenvalue weighted by molar-refractivity contribution is 7.89. The number of nitrogens with one attached hydrogen (secondary N) is 1. The Bertz CT molecular complexity index is 321. The highest BCUT2D eigenvalue weighted by Gasteiger charge is 2.23. The van der Waals surface area contributed by atoms with E-state index in [1.807, 2.05) is 13.8 Å². The van der Waals surface area contributed by atoms with Crippen LogP contribution in [0.5, 0.6) is 0 Å². The zero-order valence-electron chi connectivity index (χ0n) is 11.0. The van der Waals surface area contributed by atoms with Gasteiger partial charge in [0.15, 0.2) is 0 Å². The third kappa shape index (κ3) is 5.84. The Balaban J connectivity index is 2.27. The fourth-order valence-corrected chi connectivity index (χ4v) is 3.36. The Morgan fingerprint density at radius 2 is 2.00 bits per heavy atom. The van der Waals surface area contributed by atoms with Crippen molar-refractivity contribution < 1.29 is 8.42 Å². The van der Waals surface area contributed by atoms with Gasteiger partial charge < -0.3 is 5.73 Å². The Morgan fingerprint density at radius 1 is 1.35 bits per heavy atom. The van der Waals surface area contributed by atoms with E-state index in [9.17, 15) is 8.42 Å². The molecule has 0 aliphatic heterocycles. The van der Waals surface area contributed by atoms with Gasteiger partial charge in [-0.3, -0.25) is 0 Å². The van der Waals surface area contributed by atoms with E-state index in [1.165, 1.54) is 19.3 Å². The molecule has 0 aromatic rings. The van der Waals surface area contributed by atoms with Crippen LogP contribution in [0, 0.1) is 11.3 Å². The third-order valence-corrected chi connectivity index (χ3v) is 4.97. The van der Waals surface area contributed by atoms with Crippen molar-refractivity contribution in [1.82, 2.24) is 4.72 Å². The van der Waals surface area contributed by atoms with Crippen LogP contribution in [0.25, 0.3) is 0 Å². The van der Waals surface area contributed by atoms with Crippen molar-refractivity contribution in [2.45, 2.75) is 46.0 Å². The highest BCUT2D eigenvalue weighted by Crippen LogP contribution is 2.29. The van der Waals surface area contributed by atoms with Crippen molar-refractivity contribution in [2.24, 2.45) is 17.1 Å². The topological polar surface area (TPSA) is 72.2 Å². The van der Waals surface area contributed by atoms with Crippen LogP contribution in [0.15, 0.2) is 0 Å². The summed E-state index contributed by atoms with van der Waals surface area (Å²) in [6.07, 6.45) is 5.31. The molecule has 1 fully saturated rings. The van der Waals surface area contributed by atoms with Crippen LogP contribution in [0.4, 0.5) is 0 Å². The minimum atomic E-state index is -3.10. The van der Waals surface area contributed by atoms with Gasteiger partial charge in [0, 0.05) is 6.54 Å².